The van der Waals surface area contributed by atoms with Gasteiger partial charge in [-0.1, -0.05) is 23.5 Å². The molecule has 1 atom stereocenters. The average Bonchev–Trinajstić information content (AvgIpc) is 3.39. The van der Waals surface area contributed by atoms with E-state index in [0.29, 0.717) is 38.3 Å². The number of aromatic nitrogens is 1. The lowest BCUT2D eigenvalue weighted by Crippen LogP contribution is -2.39. The van der Waals surface area contributed by atoms with Crippen LogP contribution in [-0.2, 0) is 16.0 Å². The summed E-state index contributed by atoms with van der Waals surface area (Å²) in [5.41, 5.74) is 2.48. The number of ether oxygens (including phenoxy) is 2. The minimum Gasteiger partial charge on any atom is -0.508 e. The molecule has 0 saturated heterocycles. The summed E-state index contributed by atoms with van der Waals surface area (Å²) in [7, 11) is 0. The lowest BCUT2D eigenvalue weighted by atomic mass is 9.94. The van der Waals surface area contributed by atoms with Gasteiger partial charge in [0.2, 0.25) is 0 Å². The van der Waals surface area contributed by atoms with Gasteiger partial charge in [0.05, 0.1) is 35.1 Å². The molecule has 8 nitrogen and oxygen atoms in total. The third-order valence-electron chi connectivity index (χ3n) is 5.85. The third kappa shape index (κ3) is 3.67. The Morgan fingerprint density at radius 2 is 2.12 bits per heavy atom. The Morgan fingerprint density at radius 3 is 2.91 bits per heavy atom. The molecule has 2 aliphatic heterocycles. The Bertz CT molecular complexity index is 1530. The summed E-state index contributed by atoms with van der Waals surface area (Å²) in [5, 5.41) is 20.0. The number of thiazole rings is 1. The monoisotopic (exact) mass is 478 g/mol. The number of allylic oxidation sites excluding steroid dienone is 1. The van der Waals surface area contributed by atoms with Crippen molar-refractivity contribution < 1.29 is 24.5 Å². The Balaban J connectivity index is 1.74. The number of carbonyl (C=O) groups is 1. The van der Waals surface area contributed by atoms with Crippen molar-refractivity contribution in [2.45, 2.75) is 26.3 Å². The summed E-state index contributed by atoms with van der Waals surface area (Å²) >= 11 is 1.14. The molecule has 3 heterocycles. The molecule has 0 saturated carbocycles. The predicted molar refractivity (Wildman–Crippen MR) is 126 cm³/mol. The van der Waals surface area contributed by atoms with Crippen molar-refractivity contribution in [1.29, 1.82) is 0 Å². The van der Waals surface area contributed by atoms with Crippen LogP contribution in [0, 0.1) is 0 Å². The van der Waals surface area contributed by atoms with E-state index in [0.717, 1.165) is 29.1 Å². The number of esters is 1. The number of nitrogens with zero attached hydrogens (tertiary/aromatic N) is 2. The van der Waals surface area contributed by atoms with E-state index < -0.39 is 12.0 Å². The first-order chi connectivity index (χ1) is 16.4. The quantitative estimate of drug-likeness (QED) is 0.439. The normalized spacial score (nSPS) is 17.1. The van der Waals surface area contributed by atoms with Gasteiger partial charge in [0.25, 0.3) is 5.56 Å². The first kappa shape index (κ1) is 22.0. The molecule has 0 spiro atoms. The van der Waals surface area contributed by atoms with Crippen molar-refractivity contribution in [2.75, 3.05) is 13.2 Å². The van der Waals surface area contributed by atoms with Crippen LogP contribution in [0.4, 0.5) is 0 Å². The number of phenolic OH excluding ortho intramolecular Hbond substituents is 2. The first-order valence-corrected chi connectivity index (χ1v) is 11.7. The Kier molecular flexibility index (Phi) is 5.49. The SMILES string of the molecule is CCOC(=O)C1=C(C)N=c2s/c(=C\c3cc(O)ccc3O)c(=O)n2C1c1ccc2c(c1)OCC2. The van der Waals surface area contributed by atoms with Crippen molar-refractivity contribution in [3.05, 3.63) is 84.0 Å². The van der Waals surface area contributed by atoms with Crippen molar-refractivity contribution in [1.82, 2.24) is 4.57 Å². The predicted octanol–water partition coefficient (Wildman–Crippen LogP) is 2.14. The van der Waals surface area contributed by atoms with Crippen LogP contribution in [0.25, 0.3) is 6.08 Å². The molecule has 0 radical (unpaired) electrons. The molecular formula is C25H22N2O6S. The maximum absolute atomic E-state index is 13.6. The van der Waals surface area contributed by atoms with Crippen LogP contribution in [0.3, 0.4) is 0 Å². The van der Waals surface area contributed by atoms with Crippen molar-refractivity contribution in [3.8, 4) is 17.2 Å². The van der Waals surface area contributed by atoms with Crippen molar-refractivity contribution in [3.63, 3.8) is 0 Å². The number of benzene rings is 2. The molecule has 2 aromatic carbocycles. The van der Waals surface area contributed by atoms with Gasteiger partial charge in [-0.15, -0.1) is 0 Å². The lowest BCUT2D eigenvalue weighted by molar-refractivity contribution is -0.139. The molecular weight excluding hydrogens is 456 g/mol. The third-order valence-corrected chi connectivity index (χ3v) is 6.83. The Morgan fingerprint density at radius 1 is 1.29 bits per heavy atom. The molecule has 1 aromatic heterocycles. The number of hydrogen-bond donors (Lipinski definition) is 2. The molecule has 3 aromatic rings. The fourth-order valence-electron chi connectivity index (χ4n) is 4.26. The van der Waals surface area contributed by atoms with Crippen LogP contribution in [0.1, 0.15) is 36.6 Å². The maximum atomic E-state index is 13.6. The summed E-state index contributed by atoms with van der Waals surface area (Å²) in [6, 6.07) is 9.06. The van der Waals surface area contributed by atoms with Crippen LogP contribution in [0.5, 0.6) is 17.2 Å². The molecule has 174 valence electrons. The van der Waals surface area contributed by atoms with E-state index in [1.54, 1.807) is 13.8 Å². The minimum atomic E-state index is -0.746. The second-order valence-corrected chi connectivity index (χ2v) is 9.02. The van der Waals surface area contributed by atoms with Gasteiger partial charge in [-0.05, 0) is 55.3 Å². The van der Waals surface area contributed by atoms with Gasteiger partial charge in [-0.3, -0.25) is 9.36 Å². The lowest BCUT2D eigenvalue weighted by Gasteiger charge is -2.25. The van der Waals surface area contributed by atoms with E-state index in [2.05, 4.69) is 4.99 Å². The number of phenols is 2. The van der Waals surface area contributed by atoms with Gasteiger partial charge < -0.3 is 19.7 Å². The fourth-order valence-corrected chi connectivity index (χ4v) is 5.30. The summed E-state index contributed by atoms with van der Waals surface area (Å²) < 4.78 is 12.8. The molecule has 34 heavy (non-hydrogen) atoms. The average molecular weight is 479 g/mol. The molecule has 0 bridgehead atoms. The highest BCUT2D eigenvalue weighted by Crippen LogP contribution is 2.35. The summed E-state index contributed by atoms with van der Waals surface area (Å²) in [6.45, 7) is 4.23. The topological polar surface area (TPSA) is 110 Å². The zero-order valence-corrected chi connectivity index (χ0v) is 19.4. The second kappa shape index (κ2) is 8.49. The Hall–Kier alpha value is -3.85. The highest BCUT2D eigenvalue weighted by Gasteiger charge is 2.34. The van der Waals surface area contributed by atoms with Gasteiger partial charge in [0.15, 0.2) is 4.80 Å². The number of fused-ring (bicyclic) bond motifs is 2. The number of aromatic hydroxyl groups is 2. The van der Waals surface area contributed by atoms with Crippen LogP contribution in [0.2, 0.25) is 0 Å². The molecule has 0 fully saturated rings. The Labute approximate surface area is 198 Å². The largest absolute Gasteiger partial charge is 0.508 e. The molecule has 9 heteroatoms. The van der Waals surface area contributed by atoms with Gasteiger partial charge in [-0.2, -0.15) is 0 Å². The smallest absolute Gasteiger partial charge is 0.338 e. The van der Waals surface area contributed by atoms with Gasteiger partial charge in [-0.25, -0.2) is 9.79 Å². The van der Waals surface area contributed by atoms with Crippen LogP contribution in [-0.4, -0.2) is 34.0 Å². The van der Waals surface area contributed by atoms with Crippen LogP contribution in [0.15, 0.2) is 57.5 Å². The van der Waals surface area contributed by atoms with Crippen LogP contribution >= 0.6 is 11.3 Å². The highest BCUT2D eigenvalue weighted by molar-refractivity contribution is 7.07. The van der Waals surface area contributed by atoms with E-state index in [9.17, 15) is 19.8 Å². The van der Waals surface area contributed by atoms with Gasteiger partial charge in [0, 0.05) is 12.0 Å². The molecule has 5 rings (SSSR count). The zero-order chi connectivity index (χ0) is 24.0. The maximum Gasteiger partial charge on any atom is 0.338 e. The molecule has 2 aliphatic rings. The van der Waals surface area contributed by atoms with Crippen molar-refractivity contribution in [2.24, 2.45) is 4.99 Å². The molecule has 0 amide bonds. The van der Waals surface area contributed by atoms with E-state index >= 15 is 0 Å². The highest BCUT2D eigenvalue weighted by atomic mass is 32.1. The fraction of sp³-hybridized carbons (Fsp3) is 0.240. The van der Waals surface area contributed by atoms with E-state index in [-0.39, 0.29) is 23.7 Å². The van der Waals surface area contributed by atoms with E-state index in [1.807, 2.05) is 18.2 Å². The number of rotatable bonds is 4. The first-order valence-electron chi connectivity index (χ1n) is 10.8. The van der Waals surface area contributed by atoms with E-state index in [4.69, 9.17) is 9.47 Å². The summed E-state index contributed by atoms with van der Waals surface area (Å²) in [6.07, 6.45) is 2.32. The molecule has 2 N–H and O–H groups in total. The molecule has 0 aliphatic carbocycles. The number of carbonyl (C=O) groups excluding carboxylic acids is 1. The summed E-state index contributed by atoms with van der Waals surface area (Å²) in [4.78, 5) is 31.5. The summed E-state index contributed by atoms with van der Waals surface area (Å²) in [5.74, 6) is 0.102. The van der Waals surface area contributed by atoms with Crippen molar-refractivity contribution >= 4 is 23.4 Å². The number of hydrogen-bond acceptors (Lipinski definition) is 8. The van der Waals surface area contributed by atoms with Gasteiger partial charge in [0.1, 0.15) is 17.2 Å². The van der Waals surface area contributed by atoms with E-state index in [1.165, 1.54) is 28.8 Å². The standard InChI is InChI=1S/C25H22N2O6S/c1-3-32-24(31)21-13(2)26-25-27(22(21)15-5-4-14-8-9-33-19(14)11-15)23(30)20(34-25)12-16-10-17(28)6-7-18(16)29/h4-7,10-12,22,28-29H,3,8-9H2,1-2H3/b20-12-. The minimum absolute atomic E-state index is 0.0340. The van der Waals surface area contributed by atoms with Crippen LogP contribution < -0.4 is 19.6 Å². The molecule has 1 unspecified atom stereocenters. The zero-order valence-electron chi connectivity index (χ0n) is 18.6. The van der Waals surface area contributed by atoms with Gasteiger partial charge >= 0.3 is 5.97 Å². The second-order valence-electron chi connectivity index (χ2n) is 8.01.